The summed E-state index contributed by atoms with van der Waals surface area (Å²) in [6.07, 6.45) is -2.54. The third kappa shape index (κ3) is 4.78. The predicted molar refractivity (Wildman–Crippen MR) is 115 cm³/mol. The van der Waals surface area contributed by atoms with E-state index in [1.54, 1.807) is 6.07 Å². The van der Waals surface area contributed by atoms with Crippen LogP contribution in [0.4, 0.5) is 13.2 Å². The second-order valence-electron chi connectivity index (χ2n) is 6.82. The lowest BCUT2D eigenvalue weighted by molar-refractivity contribution is -0.138. The summed E-state index contributed by atoms with van der Waals surface area (Å²) in [5.41, 5.74) is 3.02. The number of benzene rings is 3. The van der Waals surface area contributed by atoms with E-state index in [9.17, 15) is 13.2 Å². The first-order valence-electron chi connectivity index (χ1n) is 9.47. The van der Waals surface area contributed by atoms with E-state index in [0.717, 1.165) is 32.6 Å². The third-order valence-corrected chi connectivity index (χ3v) is 5.79. The highest BCUT2D eigenvalue weighted by Gasteiger charge is 2.32. The van der Waals surface area contributed by atoms with Crippen LogP contribution in [0.15, 0.2) is 85.1 Å². The molecule has 0 radical (unpaired) electrons. The first-order chi connectivity index (χ1) is 14.5. The molecule has 4 aromatic rings. The van der Waals surface area contributed by atoms with Crippen LogP contribution in [-0.2, 0) is 19.3 Å². The summed E-state index contributed by atoms with van der Waals surface area (Å²) in [4.78, 5) is 5.44. The minimum absolute atomic E-state index is 0.135. The molecule has 30 heavy (non-hydrogen) atoms. The van der Waals surface area contributed by atoms with E-state index in [1.807, 2.05) is 24.4 Å². The Bertz CT molecular complexity index is 1100. The van der Waals surface area contributed by atoms with Gasteiger partial charge in [-0.1, -0.05) is 72.8 Å². The summed E-state index contributed by atoms with van der Waals surface area (Å²) in [6, 6.07) is 24.1. The van der Waals surface area contributed by atoms with Crippen LogP contribution in [0.3, 0.4) is 0 Å². The van der Waals surface area contributed by atoms with Crippen LogP contribution in [0.5, 0.6) is 0 Å². The molecule has 0 aliphatic rings. The van der Waals surface area contributed by atoms with E-state index in [0.29, 0.717) is 6.54 Å². The molecule has 0 saturated heterocycles. The van der Waals surface area contributed by atoms with Gasteiger partial charge in [-0.3, -0.25) is 0 Å². The van der Waals surface area contributed by atoms with Crippen molar-refractivity contribution in [2.75, 3.05) is 0 Å². The topological polar surface area (TPSA) is 24.9 Å². The smallest absolute Gasteiger partial charge is 0.306 e. The summed E-state index contributed by atoms with van der Waals surface area (Å²) in [6.45, 7) is 0.551. The Morgan fingerprint density at radius 1 is 0.733 bits per heavy atom. The van der Waals surface area contributed by atoms with Crippen LogP contribution in [0.1, 0.15) is 16.1 Å². The number of nitrogens with one attached hydrogen (secondary N) is 1. The van der Waals surface area contributed by atoms with Crippen LogP contribution in [0.25, 0.3) is 21.6 Å². The van der Waals surface area contributed by atoms with Gasteiger partial charge in [-0.05, 0) is 28.3 Å². The largest absolute Gasteiger partial charge is 0.416 e. The second-order valence-corrected chi connectivity index (χ2v) is 7.94. The summed E-state index contributed by atoms with van der Waals surface area (Å²) < 4.78 is 39.3. The highest BCUT2D eigenvalue weighted by atomic mass is 32.1. The van der Waals surface area contributed by atoms with Crippen LogP contribution in [0, 0.1) is 0 Å². The molecule has 0 fully saturated rings. The van der Waals surface area contributed by atoms with Gasteiger partial charge in [0.25, 0.3) is 0 Å². The van der Waals surface area contributed by atoms with E-state index in [-0.39, 0.29) is 12.1 Å². The Hall–Kier alpha value is -2.96. The van der Waals surface area contributed by atoms with Crippen LogP contribution in [-0.4, -0.2) is 4.98 Å². The van der Waals surface area contributed by atoms with E-state index in [2.05, 4.69) is 46.7 Å². The Balaban J connectivity index is 1.39. The number of rotatable bonds is 6. The van der Waals surface area contributed by atoms with Crippen molar-refractivity contribution in [3.63, 3.8) is 0 Å². The van der Waals surface area contributed by atoms with Crippen LogP contribution in [0.2, 0.25) is 0 Å². The molecule has 0 spiro atoms. The first kappa shape index (κ1) is 20.3. The maximum atomic E-state index is 13.1. The fourth-order valence-corrected chi connectivity index (χ4v) is 4.13. The fraction of sp³-hybridized carbons (Fsp3) is 0.125. The molecule has 1 heterocycles. The molecule has 6 heteroatoms. The molecule has 0 saturated carbocycles. The summed E-state index contributed by atoms with van der Waals surface area (Å²) in [5, 5.41) is 3.91. The second kappa shape index (κ2) is 8.81. The standard InChI is InChI=1S/C24H19F3N2S/c25-24(26,27)21-9-5-4-8-20(21)14-28-16-23-29-15-22(30-23)19-12-10-18(11-13-19)17-6-2-1-3-7-17/h1-13,15,28H,14,16H2. The molecule has 152 valence electrons. The van der Waals surface area contributed by atoms with Crippen molar-refractivity contribution < 1.29 is 13.2 Å². The van der Waals surface area contributed by atoms with Crippen molar-refractivity contribution in [2.24, 2.45) is 0 Å². The van der Waals surface area contributed by atoms with Gasteiger partial charge < -0.3 is 5.32 Å². The molecule has 1 N–H and O–H groups in total. The minimum Gasteiger partial charge on any atom is -0.306 e. The van der Waals surface area contributed by atoms with E-state index >= 15 is 0 Å². The molecule has 0 aliphatic heterocycles. The number of aromatic nitrogens is 1. The summed E-state index contributed by atoms with van der Waals surface area (Å²) >= 11 is 1.54. The highest BCUT2D eigenvalue weighted by Crippen LogP contribution is 2.32. The Morgan fingerprint density at radius 3 is 2.10 bits per heavy atom. The summed E-state index contributed by atoms with van der Waals surface area (Å²) in [5.74, 6) is 0. The van der Waals surface area contributed by atoms with Crippen LogP contribution < -0.4 is 5.32 Å². The van der Waals surface area contributed by atoms with Crippen LogP contribution >= 0.6 is 11.3 Å². The molecule has 4 rings (SSSR count). The summed E-state index contributed by atoms with van der Waals surface area (Å²) in [7, 11) is 0. The average Bonchev–Trinajstić information content (AvgIpc) is 3.23. The molecule has 0 unspecified atom stereocenters. The lowest BCUT2D eigenvalue weighted by Gasteiger charge is -2.12. The van der Waals surface area contributed by atoms with Crippen molar-refractivity contribution in [1.82, 2.24) is 10.3 Å². The van der Waals surface area contributed by atoms with Gasteiger partial charge in [0.15, 0.2) is 0 Å². The van der Waals surface area contributed by atoms with E-state index in [4.69, 9.17) is 0 Å². The maximum absolute atomic E-state index is 13.1. The van der Waals surface area contributed by atoms with Gasteiger partial charge in [-0.2, -0.15) is 13.2 Å². The lowest BCUT2D eigenvalue weighted by atomic mass is 10.0. The quantitative estimate of drug-likeness (QED) is 0.369. The number of thiazole rings is 1. The Morgan fingerprint density at radius 2 is 1.37 bits per heavy atom. The average molecular weight is 424 g/mol. The zero-order valence-electron chi connectivity index (χ0n) is 16.0. The van der Waals surface area contributed by atoms with Gasteiger partial charge in [-0.15, -0.1) is 11.3 Å². The lowest BCUT2D eigenvalue weighted by Crippen LogP contribution is -2.17. The van der Waals surface area contributed by atoms with Gasteiger partial charge >= 0.3 is 6.18 Å². The molecular weight excluding hydrogens is 405 g/mol. The van der Waals surface area contributed by atoms with Crippen molar-refractivity contribution in [3.05, 3.63) is 101 Å². The maximum Gasteiger partial charge on any atom is 0.416 e. The Kier molecular flexibility index (Phi) is 5.97. The third-order valence-electron chi connectivity index (χ3n) is 4.74. The van der Waals surface area contributed by atoms with Crippen molar-refractivity contribution >= 4 is 11.3 Å². The van der Waals surface area contributed by atoms with Gasteiger partial charge in [0.05, 0.1) is 10.4 Å². The predicted octanol–water partition coefficient (Wildman–Crippen LogP) is 6.79. The molecule has 3 aromatic carbocycles. The number of alkyl halides is 3. The van der Waals surface area contributed by atoms with Crippen molar-refractivity contribution in [1.29, 1.82) is 0 Å². The minimum atomic E-state index is -4.35. The van der Waals surface area contributed by atoms with Gasteiger partial charge in [0, 0.05) is 19.3 Å². The van der Waals surface area contributed by atoms with Crippen molar-refractivity contribution in [2.45, 2.75) is 19.3 Å². The van der Waals surface area contributed by atoms with Gasteiger partial charge in [0.2, 0.25) is 0 Å². The van der Waals surface area contributed by atoms with Gasteiger partial charge in [0.1, 0.15) is 5.01 Å². The molecule has 2 nitrogen and oxygen atoms in total. The SMILES string of the molecule is FC(F)(F)c1ccccc1CNCc1ncc(-c2ccc(-c3ccccc3)cc2)s1. The van der Waals surface area contributed by atoms with Crippen molar-refractivity contribution in [3.8, 4) is 21.6 Å². The highest BCUT2D eigenvalue weighted by molar-refractivity contribution is 7.15. The first-order valence-corrected chi connectivity index (χ1v) is 10.3. The monoisotopic (exact) mass is 424 g/mol. The number of nitrogens with zero attached hydrogens (tertiary/aromatic N) is 1. The fourth-order valence-electron chi connectivity index (χ4n) is 3.24. The molecule has 0 amide bonds. The van der Waals surface area contributed by atoms with Gasteiger partial charge in [-0.25, -0.2) is 4.98 Å². The zero-order valence-corrected chi connectivity index (χ0v) is 16.8. The number of halogens is 3. The normalized spacial score (nSPS) is 11.6. The van der Waals surface area contributed by atoms with E-state index in [1.165, 1.54) is 23.5 Å². The number of hydrogen-bond donors (Lipinski definition) is 1. The molecular formula is C24H19F3N2S. The molecule has 0 aliphatic carbocycles. The zero-order chi connectivity index (χ0) is 21.0. The van der Waals surface area contributed by atoms with E-state index < -0.39 is 11.7 Å². The Labute approximate surface area is 177 Å². The number of hydrogen-bond acceptors (Lipinski definition) is 3. The molecule has 0 bridgehead atoms. The molecule has 0 atom stereocenters. The molecule has 1 aromatic heterocycles.